The highest BCUT2D eigenvalue weighted by Gasteiger charge is 2.18. The van der Waals surface area contributed by atoms with Crippen LogP contribution in [-0.2, 0) is 6.73 Å². The first-order valence-corrected chi connectivity index (χ1v) is 8.35. The monoisotopic (exact) mass is 406 g/mol. The minimum Gasteiger partial charge on any atom is -0.471 e. The number of rotatable bonds is 6. The van der Waals surface area contributed by atoms with E-state index in [1.165, 1.54) is 22.9 Å². The lowest BCUT2D eigenvalue weighted by molar-refractivity contribution is -0.383. The van der Waals surface area contributed by atoms with Gasteiger partial charge in [-0.25, -0.2) is 4.68 Å². The Morgan fingerprint density at radius 1 is 1.19 bits per heavy atom. The number of benzene rings is 2. The van der Waals surface area contributed by atoms with E-state index in [9.17, 15) is 14.9 Å². The number of halogens is 2. The third-order valence-electron chi connectivity index (χ3n) is 3.44. The van der Waals surface area contributed by atoms with Gasteiger partial charge in [0.15, 0.2) is 12.4 Å². The van der Waals surface area contributed by atoms with Crippen LogP contribution in [0.3, 0.4) is 0 Å². The van der Waals surface area contributed by atoms with Crippen molar-refractivity contribution in [3.8, 4) is 5.75 Å². The Labute approximate surface area is 163 Å². The Hall–Kier alpha value is -3.10. The number of ether oxygens (including phenoxy) is 1. The highest BCUT2D eigenvalue weighted by atomic mass is 35.5. The van der Waals surface area contributed by atoms with Gasteiger partial charge in [0.1, 0.15) is 11.4 Å². The van der Waals surface area contributed by atoms with Crippen LogP contribution in [0.1, 0.15) is 10.5 Å². The summed E-state index contributed by atoms with van der Waals surface area (Å²) < 4.78 is 6.94. The molecule has 0 radical (unpaired) electrons. The molecule has 2 aromatic carbocycles. The molecule has 0 saturated carbocycles. The zero-order chi connectivity index (χ0) is 19.4. The fourth-order valence-electron chi connectivity index (χ4n) is 2.20. The molecule has 3 rings (SSSR count). The highest BCUT2D eigenvalue weighted by molar-refractivity contribution is 6.31. The van der Waals surface area contributed by atoms with Crippen LogP contribution < -0.4 is 10.1 Å². The summed E-state index contributed by atoms with van der Waals surface area (Å²) in [5, 5.41) is 18.4. The molecule has 0 aliphatic heterocycles. The number of anilines is 1. The molecular weight excluding hydrogens is 395 g/mol. The van der Waals surface area contributed by atoms with Gasteiger partial charge >= 0.3 is 0 Å². The Balaban J connectivity index is 1.68. The SMILES string of the molecule is O=C(Nc1ccc(Cl)cc1[N+](=O)[O-])c1ccn(COc2cccc(Cl)c2)n1. The zero-order valence-electron chi connectivity index (χ0n) is 13.6. The summed E-state index contributed by atoms with van der Waals surface area (Å²) in [6.07, 6.45) is 1.55. The Kier molecular flexibility index (Phi) is 5.58. The Bertz CT molecular complexity index is 1010. The summed E-state index contributed by atoms with van der Waals surface area (Å²) in [6, 6.07) is 12.3. The van der Waals surface area contributed by atoms with Gasteiger partial charge in [0.05, 0.1) is 4.92 Å². The highest BCUT2D eigenvalue weighted by Crippen LogP contribution is 2.28. The molecule has 0 atom stereocenters. The smallest absolute Gasteiger partial charge is 0.294 e. The predicted octanol–water partition coefficient (Wildman–Crippen LogP) is 4.39. The number of nitrogens with zero attached hydrogens (tertiary/aromatic N) is 3. The van der Waals surface area contributed by atoms with Gasteiger partial charge in [0.2, 0.25) is 0 Å². The van der Waals surface area contributed by atoms with Crippen molar-refractivity contribution < 1.29 is 14.5 Å². The summed E-state index contributed by atoms with van der Waals surface area (Å²) in [6.45, 7) is 0.0642. The molecule has 8 nitrogen and oxygen atoms in total. The van der Waals surface area contributed by atoms with E-state index in [2.05, 4.69) is 10.4 Å². The molecule has 0 saturated heterocycles. The molecule has 0 aliphatic carbocycles. The standard InChI is InChI=1S/C17H12Cl2N4O4/c18-11-2-1-3-13(8-11)27-10-22-7-6-15(21-22)17(24)20-14-5-4-12(19)9-16(14)23(25)26/h1-9H,10H2,(H,20,24). The molecule has 138 valence electrons. The van der Waals surface area contributed by atoms with Crippen molar-refractivity contribution in [3.63, 3.8) is 0 Å². The van der Waals surface area contributed by atoms with Crippen molar-refractivity contribution >= 4 is 40.5 Å². The van der Waals surface area contributed by atoms with Crippen LogP contribution in [-0.4, -0.2) is 20.6 Å². The molecular formula is C17H12Cl2N4O4. The maximum Gasteiger partial charge on any atom is 0.294 e. The van der Waals surface area contributed by atoms with Gasteiger partial charge in [-0.2, -0.15) is 5.10 Å². The average Bonchev–Trinajstić information content (AvgIpc) is 3.10. The molecule has 1 aromatic heterocycles. The predicted molar refractivity (Wildman–Crippen MR) is 100 cm³/mol. The molecule has 0 fully saturated rings. The van der Waals surface area contributed by atoms with Crippen LogP contribution in [0.4, 0.5) is 11.4 Å². The van der Waals surface area contributed by atoms with Crippen molar-refractivity contribution in [1.82, 2.24) is 9.78 Å². The number of carbonyl (C=O) groups excluding carboxylic acids is 1. The molecule has 1 N–H and O–H groups in total. The van der Waals surface area contributed by atoms with Crippen LogP contribution in [0.25, 0.3) is 0 Å². The Morgan fingerprint density at radius 2 is 1.96 bits per heavy atom. The van der Waals surface area contributed by atoms with Crippen molar-refractivity contribution in [2.24, 2.45) is 0 Å². The van der Waals surface area contributed by atoms with Crippen molar-refractivity contribution in [1.29, 1.82) is 0 Å². The van der Waals surface area contributed by atoms with E-state index in [0.29, 0.717) is 10.8 Å². The van der Waals surface area contributed by atoms with Gasteiger partial charge in [-0.05, 0) is 36.4 Å². The second-order valence-electron chi connectivity index (χ2n) is 5.34. The minimum absolute atomic E-state index is 0.0270. The summed E-state index contributed by atoms with van der Waals surface area (Å²) in [5.41, 5.74) is -0.201. The van der Waals surface area contributed by atoms with Crippen LogP contribution in [0, 0.1) is 10.1 Å². The number of aromatic nitrogens is 2. The minimum atomic E-state index is -0.626. The average molecular weight is 407 g/mol. The second kappa shape index (κ2) is 8.07. The van der Waals surface area contributed by atoms with Gasteiger partial charge in [-0.15, -0.1) is 0 Å². The number of carbonyl (C=O) groups is 1. The van der Waals surface area contributed by atoms with Crippen molar-refractivity contribution in [3.05, 3.63) is 80.6 Å². The normalized spacial score (nSPS) is 10.4. The third-order valence-corrected chi connectivity index (χ3v) is 3.91. The first kappa shape index (κ1) is 18.7. The fourth-order valence-corrected chi connectivity index (χ4v) is 2.55. The van der Waals surface area contributed by atoms with Crippen molar-refractivity contribution in [2.45, 2.75) is 6.73 Å². The molecule has 0 bridgehead atoms. The maximum absolute atomic E-state index is 12.3. The molecule has 27 heavy (non-hydrogen) atoms. The van der Waals surface area contributed by atoms with Crippen LogP contribution >= 0.6 is 23.2 Å². The summed E-state index contributed by atoms with van der Waals surface area (Å²) in [7, 11) is 0. The van der Waals surface area contributed by atoms with E-state index in [4.69, 9.17) is 27.9 Å². The lowest BCUT2D eigenvalue weighted by atomic mass is 10.2. The summed E-state index contributed by atoms with van der Waals surface area (Å²) in [4.78, 5) is 22.8. The number of nitro benzene ring substituents is 1. The number of nitrogens with one attached hydrogen (secondary N) is 1. The first-order chi connectivity index (χ1) is 12.9. The molecule has 0 spiro atoms. The number of amides is 1. The summed E-state index contributed by atoms with van der Waals surface area (Å²) >= 11 is 11.6. The van der Waals surface area contributed by atoms with Gasteiger partial charge in [0, 0.05) is 22.3 Å². The van der Waals surface area contributed by atoms with E-state index in [1.54, 1.807) is 30.5 Å². The summed E-state index contributed by atoms with van der Waals surface area (Å²) in [5.74, 6) is -0.0391. The topological polar surface area (TPSA) is 99.3 Å². The quantitative estimate of drug-likeness (QED) is 0.483. The van der Waals surface area contributed by atoms with Gasteiger partial charge in [0.25, 0.3) is 11.6 Å². The molecule has 10 heteroatoms. The lowest BCUT2D eigenvalue weighted by Gasteiger charge is -2.06. The third kappa shape index (κ3) is 4.75. The number of nitro groups is 1. The van der Waals surface area contributed by atoms with E-state index in [0.717, 1.165) is 6.07 Å². The number of hydrogen-bond donors (Lipinski definition) is 1. The first-order valence-electron chi connectivity index (χ1n) is 7.59. The van der Waals surface area contributed by atoms with Crippen molar-refractivity contribution in [2.75, 3.05) is 5.32 Å². The van der Waals surface area contributed by atoms with Gasteiger partial charge in [-0.1, -0.05) is 29.3 Å². The number of hydrogen-bond acceptors (Lipinski definition) is 5. The van der Waals surface area contributed by atoms with Crippen LogP contribution in [0.15, 0.2) is 54.7 Å². The molecule has 3 aromatic rings. The van der Waals surface area contributed by atoms with E-state index < -0.39 is 10.8 Å². The van der Waals surface area contributed by atoms with Crippen LogP contribution in [0.5, 0.6) is 5.75 Å². The fraction of sp³-hybridized carbons (Fsp3) is 0.0588. The van der Waals surface area contributed by atoms with E-state index in [-0.39, 0.29) is 28.8 Å². The Morgan fingerprint density at radius 3 is 2.70 bits per heavy atom. The molecule has 1 amide bonds. The maximum atomic E-state index is 12.3. The second-order valence-corrected chi connectivity index (χ2v) is 6.22. The zero-order valence-corrected chi connectivity index (χ0v) is 15.1. The van der Waals surface area contributed by atoms with E-state index >= 15 is 0 Å². The molecule has 0 aliphatic rings. The largest absolute Gasteiger partial charge is 0.471 e. The lowest BCUT2D eigenvalue weighted by Crippen LogP contribution is -2.15. The molecule has 0 unspecified atom stereocenters. The van der Waals surface area contributed by atoms with Gasteiger partial charge < -0.3 is 10.1 Å². The molecule has 1 heterocycles. The van der Waals surface area contributed by atoms with Gasteiger partial charge in [-0.3, -0.25) is 14.9 Å². The van der Waals surface area contributed by atoms with E-state index in [1.807, 2.05) is 0 Å². The van der Waals surface area contributed by atoms with Crippen LogP contribution in [0.2, 0.25) is 10.0 Å².